The molecule has 132 valence electrons. The first-order chi connectivity index (χ1) is 11.2. The van der Waals surface area contributed by atoms with Gasteiger partial charge in [-0.15, -0.1) is 12.4 Å². The van der Waals surface area contributed by atoms with Gasteiger partial charge in [0.15, 0.2) is 0 Å². The maximum atomic E-state index is 10.2. The van der Waals surface area contributed by atoms with Crippen molar-refractivity contribution in [2.75, 3.05) is 26.3 Å². The predicted octanol–water partition coefficient (Wildman–Crippen LogP) is 3.00. The van der Waals surface area contributed by atoms with Crippen molar-refractivity contribution < 1.29 is 14.9 Å². The third kappa shape index (κ3) is 7.07. The van der Waals surface area contributed by atoms with E-state index in [1.807, 2.05) is 47.4 Å². The number of hydrogen-bond acceptors (Lipinski definition) is 4. The summed E-state index contributed by atoms with van der Waals surface area (Å²) in [5.74, 6) is 0.560. The Hall–Kier alpha value is -1.30. The molecule has 0 fully saturated rings. The summed E-state index contributed by atoms with van der Waals surface area (Å²) in [7, 11) is 0. The van der Waals surface area contributed by atoms with E-state index in [2.05, 4.69) is 0 Å². The number of rotatable bonds is 9. The van der Waals surface area contributed by atoms with Gasteiger partial charge < -0.3 is 14.9 Å². The predicted molar refractivity (Wildman–Crippen MR) is 99.0 cm³/mol. The first-order valence-electron chi connectivity index (χ1n) is 7.61. The quantitative estimate of drug-likeness (QED) is 0.711. The van der Waals surface area contributed by atoms with E-state index >= 15 is 0 Å². The van der Waals surface area contributed by atoms with E-state index in [-0.39, 0.29) is 25.6 Å². The largest absolute Gasteiger partial charge is 0.489 e. The summed E-state index contributed by atoms with van der Waals surface area (Å²) in [6.45, 7) is 1.79. The zero-order chi connectivity index (χ0) is 16.5. The number of benzene rings is 2. The highest BCUT2D eigenvalue weighted by Gasteiger charge is 2.13. The second-order valence-electron chi connectivity index (χ2n) is 5.34. The second kappa shape index (κ2) is 11.3. The summed E-state index contributed by atoms with van der Waals surface area (Å²) < 4.78 is 5.56. The molecular formula is C18H23Cl2NO3. The molecule has 0 aliphatic rings. The highest BCUT2D eigenvalue weighted by Crippen LogP contribution is 2.23. The lowest BCUT2D eigenvalue weighted by atomic mass is 10.2. The van der Waals surface area contributed by atoms with Gasteiger partial charge in [0.05, 0.1) is 11.6 Å². The smallest absolute Gasteiger partial charge is 0.138 e. The second-order valence-corrected chi connectivity index (χ2v) is 5.75. The molecule has 0 radical (unpaired) electrons. The summed E-state index contributed by atoms with van der Waals surface area (Å²) in [6.07, 6.45) is -0.665. The van der Waals surface area contributed by atoms with Crippen LogP contribution in [0.1, 0.15) is 5.56 Å². The van der Waals surface area contributed by atoms with Crippen LogP contribution < -0.4 is 4.74 Å². The molecule has 0 aromatic heterocycles. The molecule has 6 heteroatoms. The monoisotopic (exact) mass is 371 g/mol. The van der Waals surface area contributed by atoms with Gasteiger partial charge in [-0.3, -0.25) is 4.90 Å². The first kappa shape index (κ1) is 20.7. The van der Waals surface area contributed by atoms with E-state index in [4.69, 9.17) is 16.3 Å². The van der Waals surface area contributed by atoms with E-state index in [1.54, 1.807) is 12.1 Å². The lowest BCUT2D eigenvalue weighted by Gasteiger charge is -2.24. The molecule has 0 aliphatic heterocycles. The van der Waals surface area contributed by atoms with Crippen molar-refractivity contribution >= 4 is 24.0 Å². The van der Waals surface area contributed by atoms with Crippen molar-refractivity contribution in [2.45, 2.75) is 12.6 Å². The molecule has 4 nitrogen and oxygen atoms in total. The zero-order valence-electron chi connectivity index (χ0n) is 13.3. The Morgan fingerprint density at radius 2 is 1.71 bits per heavy atom. The summed E-state index contributed by atoms with van der Waals surface area (Å²) in [5.41, 5.74) is 1.14. The number of halogens is 2. The number of aliphatic hydroxyl groups excluding tert-OH is 2. The van der Waals surface area contributed by atoms with Gasteiger partial charge in [-0.2, -0.15) is 0 Å². The Kier molecular flexibility index (Phi) is 9.76. The Morgan fingerprint density at radius 3 is 2.38 bits per heavy atom. The maximum absolute atomic E-state index is 10.2. The average molecular weight is 372 g/mol. The molecule has 2 N–H and O–H groups in total. The summed E-state index contributed by atoms with van der Waals surface area (Å²) in [4.78, 5) is 2.00. The fourth-order valence-corrected chi connectivity index (χ4v) is 2.51. The average Bonchev–Trinajstić information content (AvgIpc) is 2.55. The Balaban J connectivity index is 0.00000288. The van der Waals surface area contributed by atoms with Gasteiger partial charge in [-0.25, -0.2) is 0 Å². The van der Waals surface area contributed by atoms with Crippen LogP contribution in [-0.2, 0) is 6.54 Å². The van der Waals surface area contributed by atoms with Crippen LogP contribution in [0.3, 0.4) is 0 Å². The minimum absolute atomic E-state index is 0. The Morgan fingerprint density at radius 1 is 1.04 bits per heavy atom. The molecule has 0 heterocycles. The minimum atomic E-state index is -0.665. The molecule has 0 amide bonds. The number of hydrogen-bond donors (Lipinski definition) is 2. The molecular weight excluding hydrogens is 349 g/mol. The van der Waals surface area contributed by atoms with Gasteiger partial charge in [0.25, 0.3) is 0 Å². The molecule has 1 atom stereocenters. The number of nitrogens with zero attached hydrogens (tertiary/aromatic N) is 1. The van der Waals surface area contributed by atoms with Crippen molar-refractivity contribution in [1.29, 1.82) is 0 Å². The van der Waals surface area contributed by atoms with Crippen LogP contribution in [0.25, 0.3) is 0 Å². The van der Waals surface area contributed by atoms with Crippen LogP contribution in [0.15, 0.2) is 54.6 Å². The van der Waals surface area contributed by atoms with E-state index in [0.29, 0.717) is 30.4 Å². The number of para-hydroxylation sites is 1. The van der Waals surface area contributed by atoms with E-state index in [1.165, 1.54) is 0 Å². The summed E-state index contributed by atoms with van der Waals surface area (Å²) >= 11 is 6.02. The third-order valence-electron chi connectivity index (χ3n) is 3.40. The molecule has 0 saturated carbocycles. The fourth-order valence-electron chi connectivity index (χ4n) is 2.32. The molecule has 1 unspecified atom stereocenters. The standard InChI is InChI=1S/C18H22ClNO3.ClH/c19-17-8-4-5-9-18(17)23-14-16(22)13-20(10-11-21)12-15-6-2-1-3-7-15;/h1-9,16,21-22H,10-14H2;1H. The highest BCUT2D eigenvalue weighted by molar-refractivity contribution is 6.32. The third-order valence-corrected chi connectivity index (χ3v) is 3.71. The van der Waals surface area contributed by atoms with Crippen molar-refractivity contribution in [1.82, 2.24) is 4.90 Å². The highest BCUT2D eigenvalue weighted by atomic mass is 35.5. The van der Waals surface area contributed by atoms with Crippen LogP contribution in [0, 0.1) is 0 Å². The van der Waals surface area contributed by atoms with E-state index in [0.717, 1.165) is 5.56 Å². The van der Waals surface area contributed by atoms with Gasteiger partial charge in [0.1, 0.15) is 18.5 Å². The molecule has 2 rings (SSSR count). The molecule has 0 spiro atoms. The van der Waals surface area contributed by atoms with Crippen LogP contribution in [-0.4, -0.2) is 47.5 Å². The molecule has 0 saturated heterocycles. The molecule has 0 aliphatic carbocycles. The SMILES string of the molecule is Cl.OCCN(Cc1ccccc1)CC(O)COc1ccccc1Cl. The summed E-state index contributed by atoms with van der Waals surface area (Å²) in [5, 5.41) is 19.9. The van der Waals surface area contributed by atoms with Crippen molar-refractivity contribution in [3.05, 3.63) is 65.2 Å². The maximum Gasteiger partial charge on any atom is 0.138 e. The molecule has 0 bridgehead atoms. The normalized spacial score (nSPS) is 11.8. The number of ether oxygens (including phenoxy) is 1. The van der Waals surface area contributed by atoms with E-state index in [9.17, 15) is 10.2 Å². The summed E-state index contributed by atoms with van der Waals surface area (Å²) in [6, 6.07) is 17.1. The molecule has 24 heavy (non-hydrogen) atoms. The molecule has 2 aromatic carbocycles. The van der Waals surface area contributed by atoms with Crippen LogP contribution in [0.2, 0.25) is 5.02 Å². The zero-order valence-corrected chi connectivity index (χ0v) is 14.9. The van der Waals surface area contributed by atoms with Crippen LogP contribution in [0.4, 0.5) is 0 Å². The van der Waals surface area contributed by atoms with Gasteiger partial charge in [-0.05, 0) is 17.7 Å². The van der Waals surface area contributed by atoms with Gasteiger partial charge in [-0.1, -0.05) is 54.1 Å². The minimum Gasteiger partial charge on any atom is -0.489 e. The van der Waals surface area contributed by atoms with Crippen molar-refractivity contribution in [3.63, 3.8) is 0 Å². The first-order valence-corrected chi connectivity index (χ1v) is 7.99. The fraction of sp³-hybridized carbons (Fsp3) is 0.333. The topological polar surface area (TPSA) is 52.9 Å². The van der Waals surface area contributed by atoms with Gasteiger partial charge in [0.2, 0.25) is 0 Å². The lowest BCUT2D eigenvalue weighted by molar-refractivity contribution is 0.0590. The van der Waals surface area contributed by atoms with Gasteiger partial charge in [0, 0.05) is 19.6 Å². The van der Waals surface area contributed by atoms with Crippen molar-refractivity contribution in [3.8, 4) is 5.75 Å². The number of aliphatic hydroxyl groups is 2. The lowest BCUT2D eigenvalue weighted by Crippen LogP contribution is -2.37. The van der Waals surface area contributed by atoms with Crippen molar-refractivity contribution in [2.24, 2.45) is 0 Å². The van der Waals surface area contributed by atoms with Crippen LogP contribution >= 0.6 is 24.0 Å². The van der Waals surface area contributed by atoms with Crippen LogP contribution in [0.5, 0.6) is 5.75 Å². The Labute approximate surface area is 154 Å². The molecule has 2 aromatic rings. The van der Waals surface area contributed by atoms with E-state index < -0.39 is 6.10 Å². The van der Waals surface area contributed by atoms with Gasteiger partial charge >= 0.3 is 0 Å². The Bertz CT molecular complexity index is 583.